The van der Waals surface area contributed by atoms with Crippen LogP contribution < -0.4 is 10.1 Å². The normalized spacial score (nSPS) is 10.5. The Morgan fingerprint density at radius 1 is 1.06 bits per heavy atom. The zero-order valence-electron chi connectivity index (χ0n) is 9.69. The Morgan fingerprint density at radius 2 is 1.82 bits per heavy atom. The highest BCUT2D eigenvalue weighted by Crippen LogP contribution is 2.15. The first-order valence-corrected chi connectivity index (χ1v) is 6.40. The van der Waals surface area contributed by atoms with Gasteiger partial charge in [0.25, 0.3) is 0 Å². The highest BCUT2D eigenvalue weighted by Gasteiger charge is 1.94. The molecule has 0 atom stereocenters. The van der Waals surface area contributed by atoms with Gasteiger partial charge in [-0.3, -0.25) is 0 Å². The fraction of sp³-hybridized carbons (Fsp3) is 0.500. The summed E-state index contributed by atoms with van der Waals surface area (Å²) in [6, 6.07) is 7.70. The lowest BCUT2D eigenvalue weighted by Gasteiger charge is -2.07. The third-order valence-electron chi connectivity index (χ3n) is 2.02. The number of aliphatic hydroxyl groups is 1. The van der Waals surface area contributed by atoms with Crippen LogP contribution in [0.1, 0.15) is 0 Å². The number of ether oxygens (including phenoxy) is 2. The zero-order chi connectivity index (χ0) is 12.3. The van der Waals surface area contributed by atoms with Gasteiger partial charge in [-0.1, -0.05) is 15.9 Å². The van der Waals surface area contributed by atoms with E-state index in [1.807, 2.05) is 24.3 Å². The van der Waals surface area contributed by atoms with E-state index in [9.17, 15) is 0 Å². The summed E-state index contributed by atoms with van der Waals surface area (Å²) in [5, 5.41) is 11.6. The van der Waals surface area contributed by atoms with E-state index in [1.165, 1.54) is 0 Å². The first-order valence-electron chi connectivity index (χ1n) is 5.60. The number of aliphatic hydroxyl groups excluding tert-OH is 1. The Kier molecular flexibility index (Phi) is 8.00. The molecule has 2 N–H and O–H groups in total. The second-order valence-electron chi connectivity index (χ2n) is 3.39. The molecule has 0 spiro atoms. The standard InChI is InChI=1S/C12H18BrNO3/c13-11-1-3-12(4-2-11)17-10-9-16-8-6-14-5-7-15/h1-4,14-15H,5-10H2. The van der Waals surface area contributed by atoms with Gasteiger partial charge in [-0.25, -0.2) is 0 Å². The van der Waals surface area contributed by atoms with Crippen molar-refractivity contribution in [1.29, 1.82) is 0 Å². The van der Waals surface area contributed by atoms with Crippen molar-refractivity contribution in [3.8, 4) is 5.75 Å². The first-order chi connectivity index (χ1) is 8.33. The van der Waals surface area contributed by atoms with Crippen LogP contribution in [0.15, 0.2) is 28.7 Å². The molecule has 1 aromatic carbocycles. The van der Waals surface area contributed by atoms with Crippen LogP contribution in [-0.4, -0.2) is 44.6 Å². The minimum absolute atomic E-state index is 0.159. The molecule has 0 bridgehead atoms. The number of halogens is 1. The quantitative estimate of drug-likeness (QED) is 0.678. The molecule has 0 unspecified atom stereocenters. The molecule has 0 radical (unpaired) electrons. The van der Waals surface area contributed by atoms with Crippen molar-refractivity contribution in [2.75, 3.05) is 39.5 Å². The predicted molar refractivity (Wildman–Crippen MR) is 70.4 cm³/mol. The van der Waals surface area contributed by atoms with Crippen LogP contribution in [0.25, 0.3) is 0 Å². The van der Waals surface area contributed by atoms with Crippen LogP contribution >= 0.6 is 15.9 Å². The average Bonchev–Trinajstić information content (AvgIpc) is 2.35. The third-order valence-corrected chi connectivity index (χ3v) is 2.55. The molecule has 1 aromatic rings. The molecule has 0 heterocycles. The van der Waals surface area contributed by atoms with Crippen LogP contribution in [-0.2, 0) is 4.74 Å². The molecule has 0 amide bonds. The van der Waals surface area contributed by atoms with Gasteiger partial charge >= 0.3 is 0 Å². The Morgan fingerprint density at radius 3 is 2.53 bits per heavy atom. The van der Waals surface area contributed by atoms with Crippen molar-refractivity contribution in [3.63, 3.8) is 0 Å². The summed E-state index contributed by atoms with van der Waals surface area (Å²) in [6.07, 6.45) is 0. The molecule has 0 fully saturated rings. The summed E-state index contributed by atoms with van der Waals surface area (Å²) in [7, 11) is 0. The largest absolute Gasteiger partial charge is 0.491 e. The van der Waals surface area contributed by atoms with Crippen molar-refractivity contribution in [2.24, 2.45) is 0 Å². The highest BCUT2D eigenvalue weighted by atomic mass is 79.9. The fourth-order valence-corrected chi connectivity index (χ4v) is 1.46. The van der Waals surface area contributed by atoms with Crippen molar-refractivity contribution in [2.45, 2.75) is 0 Å². The van der Waals surface area contributed by atoms with E-state index in [1.54, 1.807) is 0 Å². The fourth-order valence-electron chi connectivity index (χ4n) is 1.20. The topological polar surface area (TPSA) is 50.7 Å². The molecule has 0 saturated carbocycles. The molecule has 1 rings (SSSR count). The molecular formula is C12H18BrNO3. The van der Waals surface area contributed by atoms with Gasteiger partial charge in [0.1, 0.15) is 12.4 Å². The molecule has 5 heteroatoms. The van der Waals surface area contributed by atoms with E-state index in [0.717, 1.165) is 16.8 Å². The Balaban J connectivity index is 1.95. The maximum absolute atomic E-state index is 8.53. The van der Waals surface area contributed by atoms with Crippen molar-refractivity contribution >= 4 is 15.9 Å². The highest BCUT2D eigenvalue weighted by molar-refractivity contribution is 9.10. The first kappa shape index (κ1) is 14.4. The second-order valence-corrected chi connectivity index (χ2v) is 4.30. The van der Waals surface area contributed by atoms with Gasteiger partial charge in [0, 0.05) is 17.6 Å². The molecule has 17 heavy (non-hydrogen) atoms. The number of hydrogen-bond donors (Lipinski definition) is 2. The minimum Gasteiger partial charge on any atom is -0.491 e. The maximum Gasteiger partial charge on any atom is 0.119 e. The molecule has 0 aliphatic carbocycles. The number of benzene rings is 1. The Hall–Kier alpha value is -0.620. The van der Waals surface area contributed by atoms with E-state index in [4.69, 9.17) is 14.6 Å². The summed E-state index contributed by atoms with van der Waals surface area (Å²) in [5.41, 5.74) is 0. The monoisotopic (exact) mass is 303 g/mol. The van der Waals surface area contributed by atoms with Gasteiger partial charge in [0.05, 0.1) is 19.8 Å². The van der Waals surface area contributed by atoms with Gasteiger partial charge in [-0.15, -0.1) is 0 Å². The van der Waals surface area contributed by atoms with Gasteiger partial charge in [-0.05, 0) is 24.3 Å². The summed E-state index contributed by atoms with van der Waals surface area (Å²) < 4.78 is 11.9. The van der Waals surface area contributed by atoms with Crippen molar-refractivity contribution < 1.29 is 14.6 Å². The van der Waals surface area contributed by atoms with E-state index in [2.05, 4.69) is 21.2 Å². The van der Waals surface area contributed by atoms with Gasteiger partial charge < -0.3 is 19.9 Å². The summed E-state index contributed by atoms with van der Waals surface area (Å²) in [5.74, 6) is 0.843. The lowest BCUT2D eigenvalue weighted by Crippen LogP contribution is -2.23. The molecule has 96 valence electrons. The molecule has 4 nitrogen and oxygen atoms in total. The smallest absolute Gasteiger partial charge is 0.119 e. The molecule has 0 aliphatic heterocycles. The van der Waals surface area contributed by atoms with Crippen LogP contribution in [0.5, 0.6) is 5.75 Å². The van der Waals surface area contributed by atoms with Gasteiger partial charge in [0.15, 0.2) is 0 Å². The summed E-state index contributed by atoms with van der Waals surface area (Å²) in [6.45, 7) is 3.26. The third kappa shape index (κ3) is 7.33. The van der Waals surface area contributed by atoms with E-state index in [-0.39, 0.29) is 6.61 Å². The minimum atomic E-state index is 0.159. The van der Waals surface area contributed by atoms with Crippen LogP contribution in [0, 0.1) is 0 Å². The van der Waals surface area contributed by atoms with Crippen LogP contribution in [0.2, 0.25) is 0 Å². The maximum atomic E-state index is 8.53. The predicted octanol–water partition coefficient (Wildman–Crippen LogP) is 1.43. The zero-order valence-corrected chi connectivity index (χ0v) is 11.3. The molecule has 0 saturated heterocycles. The number of rotatable bonds is 9. The SMILES string of the molecule is OCCNCCOCCOc1ccc(Br)cc1. The van der Waals surface area contributed by atoms with Crippen LogP contribution in [0.4, 0.5) is 0 Å². The van der Waals surface area contributed by atoms with E-state index in [0.29, 0.717) is 26.4 Å². The summed E-state index contributed by atoms with van der Waals surface area (Å²) in [4.78, 5) is 0. The lowest BCUT2D eigenvalue weighted by molar-refractivity contribution is 0.101. The second kappa shape index (κ2) is 9.41. The molecule has 0 aliphatic rings. The number of nitrogens with one attached hydrogen (secondary N) is 1. The molecule has 0 aromatic heterocycles. The average molecular weight is 304 g/mol. The van der Waals surface area contributed by atoms with Crippen molar-refractivity contribution in [1.82, 2.24) is 5.32 Å². The number of hydrogen-bond acceptors (Lipinski definition) is 4. The lowest BCUT2D eigenvalue weighted by atomic mass is 10.3. The van der Waals surface area contributed by atoms with E-state index < -0.39 is 0 Å². The van der Waals surface area contributed by atoms with Crippen LogP contribution in [0.3, 0.4) is 0 Å². The summed E-state index contributed by atoms with van der Waals surface area (Å²) >= 11 is 3.36. The van der Waals surface area contributed by atoms with Gasteiger partial charge in [0.2, 0.25) is 0 Å². The van der Waals surface area contributed by atoms with Crippen molar-refractivity contribution in [3.05, 3.63) is 28.7 Å². The molecular weight excluding hydrogens is 286 g/mol. The van der Waals surface area contributed by atoms with Gasteiger partial charge in [-0.2, -0.15) is 0 Å². The Bertz CT molecular complexity index is 292. The van der Waals surface area contributed by atoms with E-state index >= 15 is 0 Å². The Labute approximate surface area is 110 Å².